The molecule has 1 aromatic heterocycles. The van der Waals surface area contributed by atoms with Crippen LogP contribution in [0.3, 0.4) is 0 Å². The molecule has 136 valence electrons. The molecule has 4 nitrogen and oxygen atoms in total. The highest BCUT2D eigenvalue weighted by molar-refractivity contribution is 7.71. The molecule has 0 fully saturated rings. The van der Waals surface area contributed by atoms with Crippen molar-refractivity contribution in [2.75, 3.05) is 6.54 Å². The Hall–Kier alpha value is -2.68. The van der Waals surface area contributed by atoms with Crippen LogP contribution in [0.2, 0.25) is 0 Å². The summed E-state index contributed by atoms with van der Waals surface area (Å²) in [5.41, 5.74) is 0.782. The Labute approximate surface area is 150 Å². The van der Waals surface area contributed by atoms with Crippen LogP contribution in [0.15, 0.2) is 36.4 Å². The molecule has 3 aromatic rings. The maximum atomic E-state index is 13.6. The van der Waals surface area contributed by atoms with E-state index in [1.54, 1.807) is 0 Å². The third kappa shape index (κ3) is 3.93. The molecule has 3 rings (SSSR count). The number of halogens is 4. The minimum atomic E-state index is -4.38. The molecule has 2 aromatic carbocycles. The highest BCUT2D eigenvalue weighted by Gasteiger charge is 2.29. The molecule has 0 saturated carbocycles. The molecule has 0 aliphatic heterocycles. The maximum Gasteiger partial charge on any atom is 0.416 e. The molecule has 26 heavy (non-hydrogen) atoms. The lowest BCUT2D eigenvalue weighted by Crippen LogP contribution is -2.26. The summed E-state index contributed by atoms with van der Waals surface area (Å²) in [5.74, 6) is -1.10. The maximum absolute atomic E-state index is 13.6. The van der Waals surface area contributed by atoms with Crippen molar-refractivity contribution < 1.29 is 22.4 Å². The number of aromatic nitrogens is 2. The summed E-state index contributed by atoms with van der Waals surface area (Å²) in [6.07, 6.45) is -4.04. The summed E-state index contributed by atoms with van der Waals surface area (Å²) in [6.45, 7) is 0.188. The van der Waals surface area contributed by atoms with Crippen molar-refractivity contribution in [2.45, 2.75) is 12.6 Å². The van der Waals surface area contributed by atoms with E-state index in [9.17, 15) is 22.4 Å². The Morgan fingerprint density at radius 3 is 2.46 bits per heavy atom. The number of imidazole rings is 1. The minimum absolute atomic E-state index is 0.0970. The van der Waals surface area contributed by atoms with Gasteiger partial charge in [0.1, 0.15) is 5.82 Å². The van der Waals surface area contributed by atoms with Crippen molar-refractivity contribution in [2.24, 2.45) is 0 Å². The van der Waals surface area contributed by atoms with Gasteiger partial charge in [0.15, 0.2) is 4.77 Å². The van der Waals surface area contributed by atoms with Crippen molar-refractivity contribution >= 4 is 29.2 Å². The average Bonchev–Trinajstić information content (AvgIpc) is 2.93. The van der Waals surface area contributed by atoms with Gasteiger partial charge in [-0.15, -0.1) is 0 Å². The van der Waals surface area contributed by atoms with Gasteiger partial charge < -0.3 is 15.3 Å². The second-order valence-electron chi connectivity index (χ2n) is 5.66. The van der Waals surface area contributed by atoms with Crippen LogP contribution in [0.25, 0.3) is 11.0 Å². The zero-order chi connectivity index (χ0) is 18.9. The van der Waals surface area contributed by atoms with Gasteiger partial charge >= 0.3 is 6.18 Å². The van der Waals surface area contributed by atoms with Gasteiger partial charge in [-0.05, 0) is 48.5 Å². The highest BCUT2D eigenvalue weighted by atomic mass is 32.1. The fraction of sp³-hybridized carbons (Fsp3) is 0.176. The minimum Gasteiger partial charge on any atom is -0.352 e. The Balaban J connectivity index is 1.67. The zero-order valence-electron chi connectivity index (χ0n) is 13.2. The molecule has 9 heteroatoms. The summed E-state index contributed by atoms with van der Waals surface area (Å²) in [5, 5.41) is 2.63. The van der Waals surface area contributed by atoms with E-state index in [0.29, 0.717) is 23.0 Å². The van der Waals surface area contributed by atoms with Gasteiger partial charge in [-0.25, -0.2) is 4.39 Å². The number of H-pyrrole nitrogens is 2. The SMILES string of the molecule is O=C(NCCc1ccc(C(F)(F)F)cc1)c1cc(F)cc2[nH]c(=S)[nH]c12. The third-order valence-corrected chi connectivity index (χ3v) is 4.02. The lowest BCUT2D eigenvalue weighted by Gasteiger charge is -2.09. The summed E-state index contributed by atoms with van der Waals surface area (Å²) < 4.78 is 51.5. The Morgan fingerprint density at radius 2 is 1.81 bits per heavy atom. The van der Waals surface area contributed by atoms with E-state index in [1.165, 1.54) is 18.2 Å². The van der Waals surface area contributed by atoms with Gasteiger partial charge in [0.2, 0.25) is 0 Å². The van der Waals surface area contributed by atoms with E-state index in [-0.39, 0.29) is 16.9 Å². The molecule has 0 aliphatic carbocycles. The van der Waals surface area contributed by atoms with Crippen LogP contribution in [0.4, 0.5) is 17.6 Å². The van der Waals surface area contributed by atoms with Crippen molar-refractivity contribution in [3.8, 4) is 0 Å². The number of amides is 1. The largest absolute Gasteiger partial charge is 0.416 e. The zero-order valence-corrected chi connectivity index (χ0v) is 14.0. The molecule has 0 aliphatic rings. The van der Waals surface area contributed by atoms with Gasteiger partial charge in [-0.1, -0.05) is 12.1 Å². The number of hydrogen-bond donors (Lipinski definition) is 3. The molecule has 3 N–H and O–H groups in total. The Morgan fingerprint density at radius 1 is 1.12 bits per heavy atom. The standard InChI is InChI=1S/C17H13F4N3OS/c18-11-7-12(14-13(8-11)23-16(26)24-14)15(25)22-6-5-9-1-3-10(4-2-9)17(19,20)21/h1-4,7-8H,5-6H2,(H,22,25)(H2,23,24,26). The van der Waals surface area contributed by atoms with Gasteiger partial charge in [0.25, 0.3) is 5.91 Å². The Kier molecular flexibility index (Phi) is 4.82. The number of benzene rings is 2. The van der Waals surface area contributed by atoms with Crippen molar-refractivity contribution in [1.29, 1.82) is 0 Å². The van der Waals surface area contributed by atoms with Crippen LogP contribution >= 0.6 is 12.2 Å². The summed E-state index contributed by atoms with van der Waals surface area (Å²) in [6, 6.07) is 7.02. The first-order chi connectivity index (χ1) is 12.2. The van der Waals surface area contributed by atoms with E-state index in [4.69, 9.17) is 12.2 Å². The highest BCUT2D eigenvalue weighted by Crippen LogP contribution is 2.29. The van der Waals surface area contributed by atoms with Crippen LogP contribution in [-0.4, -0.2) is 22.4 Å². The summed E-state index contributed by atoms with van der Waals surface area (Å²) in [7, 11) is 0. The fourth-order valence-corrected chi connectivity index (χ4v) is 2.77. The van der Waals surface area contributed by atoms with Gasteiger partial charge in [-0.2, -0.15) is 13.2 Å². The molecule has 1 amide bonds. The van der Waals surface area contributed by atoms with E-state index < -0.39 is 23.5 Å². The molecule has 0 spiro atoms. The monoisotopic (exact) mass is 383 g/mol. The van der Waals surface area contributed by atoms with Crippen molar-refractivity contribution in [1.82, 2.24) is 15.3 Å². The predicted molar refractivity (Wildman–Crippen MR) is 90.9 cm³/mol. The first kappa shape index (κ1) is 18.1. The number of rotatable bonds is 4. The van der Waals surface area contributed by atoms with Crippen LogP contribution in [0.5, 0.6) is 0 Å². The number of hydrogen-bond acceptors (Lipinski definition) is 2. The molecular formula is C17H13F4N3OS. The smallest absolute Gasteiger partial charge is 0.352 e. The fourth-order valence-electron chi connectivity index (χ4n) is 2.56. The quantitative estimate of drug-likeness (QED) is 0.463. The Bertz CT molecular complexity index is 1010. The van der Waals surface area contributed by atoms with E-state index >= 15 is 0 Å². The lowest BCUT2D eigenvalue weighted by atomic mass is 10.1. The lowest BCUT2D eigenvalue weighted by molar-refractivity contribution is -0.137. The molecule has 0 bridgehead atoms. The van der Waals surface area contributed by atoms with Crippen molar-refractivity contribution in [3.05, 3.63) is 63.7 Å². The van der Waals surface area contributed by atoms with Gasteiger partial charge in [0.05, 0.1) is 22.2 Å². The van der Waals surface area contributed by atoms with Gasteiger partial charge in [0, 0.05) is 6.54 Å². The number of aromatic amines is 2. The van der Waals surface area contributed by atoms with Crippen LogP contribution in [0, 0.1) is 10.6 Å². The summed E-state index contributed by atoms with van der Waals surface area (Å²) >= 11 is 4.95. The average molecular weight is 383 g/mol. The first-order valence-corrected chi connectivity index (χ1v) is 8.01. The van der Waals surface area contributed by atoms with Gasteiger partial charge in [-0.3, -0.25) is 4.79 Å². The van der Waals surface area contributed by atoms with Crippen LogP contribution in [-0.2, 0) is 12.6 Å². The molecular weight excluding hydrogens is 370 g/mol. The topological polar surface area (TPSA) is 60.7 Å². The van der Waals surface area contributed by atoms with Crippen molar-refractivity contribution in [3.63, 3.8) is 0 Å². The third-order valence-electron chi connectivity index (χ3n) is 3.81. The van der Waals surface area contributed by atoms with Crippen LogP contribution < -0.4 is 5.32 Å². The molecule has 0 unspecified atom stereocenters. The second-order valence-corrected chi connectivity index (χ2v) is 6.06. The second kappa shape index (κ2) is 6.91. The molecule has 0 atom stereocenters. The number of nitrogens with one attached hydrogen (secondary N) is 3. The number of alkyl halides is 3. The van der Waals surface area contributed by atoms with Crippen LogP contribution in [0.1, 0.15) is 21.5 Å². The number of fused-ring (bicyclic) bond motifs is 1. The summed E-state index contributed by atoms with van der Waals surface area (Å²) in [4.78, 5) is 17.8. The molecule has 1 heterocycles. The van der Waals surface area contributed by atoms with E-state index in [0.717, 1.165) is 18.2 Å². The normalized spacial score (nSPS) is 11.7. The van der Waals surface area contributed by atoms with E-state index in [2.05, 4.69) is 15.3 Å². The molecule has 0 saturated heterocycles. The van der Waals surface area contributed by atoms with E-state index in [1.807, 2.05) is 0 Å². The first-order valence-electron chi connectivity index (χ1n) is 7.60. The predicted octanol–water partition coefficient (Wildman–Crippen LogP) is 4.36. The number of carbonyl (C=O) groups excluding carboxylic acids is 1. The number of carbonyl (C=O) groups is 1. The molecule has 0 radical (unpaired) electrons.